The molecule has 8 heteroatoms. The van der Waals surface area contributed by atoms with Gasteiger partial charge in [-0.2, -0.15) is 0 Å². The minimum absolute atomic E-state index is 0.0415. The van der Waals surface area contributed by atoms with Gasteiger partial charge in [0.05, 0.1) is 22.9 Å². The molecule has 0 fully saturated rings. The largest absolute Gasteiger partial charge is 0.291 e. The van der Waals surface area contributed by atoms with Crippen LogP contribution in [0.2, 0.25) is 0 Å². The number of non-ortho nitro benzene ring substituents is 2. The van der Waals surface area contributed by atoms with Crippen molar-refractivity contribution in [3.63, 3.8) is 0 Å². The molecule has 2 rings (SSSR count). The van der Waals surface area contributed by atoms with E-state index < -0.39 is 9.85 Å². The van der Waals surface area contributed by atoms with E-state index >= 15 is 0 Å². The van der Waals surface area contributed by atoms with Crippen LogP contribution in [-0.2, 0) is 0 Å². The molecular weight excluding hydrogens is 312 g/mol. The molecule has 0 heterocycles. The summed E-state index contributed by atoms with van der Waals surface area (Å²) in [6.45, 7) is 0.945. The Morgan fingerprint density at radius 3 is 1.33 bits per heavy atom. The molecule has 8 nitrogen and oxygen atoms in total. The van der Waals surface area contributed by atoms with E-state index in [1.165, 1.54) is 24.3 Å². The fraction of sp³-hybridized carbons (Fsp3) is 0.125. The second kappa shape index (κ2) is 8.28. The molecule has 0 radical (unpaired) electrons. The predicted molar refractivity (Wildman–Crippen MR) is 91.1 cm³/mol. The minimum Gasteiger partial charge on any atom is -0.291 e. The van der Waals surface area contributed by atoms with E-state index in [9.17, 15) is 20.2 Å². The van der Waals surface area contributed by atoms with Crippen molar-refractivity contribution in [2.45, 2.75) is 0 Å². The Hall–Kier alpha value is -3.42. The predicted octanol–water partition coefficient (Wildman–Crippen LogP) is 3.04. The number of benzene rings is 2. The fourth-order valence-corrected chi connectivity index (χ4v) is 1.82. The van der Waals surface area contributed by atoms with Crippen LogP contribution < -0.4 is 0 Å². The van der Waals surface area contributed by atoms with Crippen LogP contribution in [0.5, 0.6) is 0 Å². The van der Waals surface area contributed by atoms with Gasteiger partial charge < -0.3 is 0 Å². The van der Waals surface area contributed by atoms with E-state index in [-0.39, 0.29) is 11.4 Å². The van der Waals surface area contributed by atoms with E-state index in [0.29, 0.717) is 13.1 Å². The SMILES string of the molecule is O=[N+]([O-])c1ccc(C=NCCN=Cc2ccc([N+](=O)[O-])cc2)cc1. The van der Waals surface area contributed by atoms with Crippen molar-refractivity contribution >= 4 is 23.8 Å². The van der Waals surface area contributed by atoms with Gasteiger partial charge in [0.2, 0.25) is 0 Å². The third kappa shape index (κ3) is 5.09. The van der Waals surface area contributed by atoms with Gasteiger partial charge in [-0.3, -0.25) is 30.2 Å². The Kier molecular flexibility index (Phi) is 5.84. The van der Waals surface area contributed by atoms with Crippen molar-refractivity contribution in [2.75, 3.05) is 13.1 Å². The molecule has 0 aliphatic rings. The van der Waals surface area contributed by atoms with Gasteiger partial charge in [0.1, 0.15) is 0 Å². The summed E-state index contributed by atoms with van der Waals surface area (Å²) in [5, 5.41) is 21.1. The van der Waals surface area contributed by atoms with Crippen LogP contribution in [0.4, 0.5) is 11.4 Å². The van der Waals surface area contributed by atoms with E-state index in [1.807, 2.05) is 0 Å². The fourth-order valence-electron chi connectivity index (χ4n) is 1.82. The number of nitro groups is 2. The molecule has 0 aliphatic heterocycles. The van der Waals surface area contributed by atoms with Gasteiger partial charge in [-0.05, 0) is 35.4 Å². The summed E-state index contributed by atoms with van der Waals surface area (Å²) in [5.74, 6) is 0. The average molecular weight is 326 g/mol. The molecule has 2 aromatic rings. The molecule has 0 saturated carbocycles. The van der Waals surface area contributed by atoms with Crippen molar-refractivity contribution in [3.8, 4) is 0 Å². The van der Waals surface area contributed by atoms with Gasteiger partial charge in [0.25, 0.3) is 11.4 Å². The quantitative estimate of drug-likeness (QED) is 0.337. The zero-order chi connectivity index (χ0) is 17.4. The third-order valence-electron chi connectivity index (χ3n) is 3.05. The van der Waals surface area contributed by atoms with Gasteiger partial charge >= 0.3 is 0 Å². The molecule has 0 saturated heterocycles. The minimum atomic E-state index is -0.451. The summed E-state index contributed by atoms with van der Waals surface area (Å²) in [5.41, 5.74) is 1.64. The topological polar surface area (TPSA) is 111 Å². The van der Waals surface area contributed by atoms with E-state index in [4.69, 9.17) is 0 Å². The first-order valence-corrected chi connectivity index (χ1v) is 7.05. The maximum Gasteiger partial charge on any atom is 0.269 e. The summed E-state index contributed by atoms with van der Waals surface area (Å²) < 4.78 is 0. The average Bonchev–Trinajstić information content (AvgIpc) is 2.58. The maximum atomic E-state index is 10.5. The van der Waals surface area contributed by atoms with Crippen LogP contribution in [0.3, 0.4) is 0 Å². The Morgan fingerprint density at radius 1 is 0.708 bits per heavy atom. The molecule has 122 valence electrons. The van der Waals surface area contributed by atoms with E-state index in [1.54, 1.807) is 36.7 Å². The Balaban J connectivity index is 1.79. The van der Waals surface area contributed by atoms with Crippen molar-refractivity contribution < 1.29 is 9.85 Å². The number of nitrogens with zero attached hydrogens (tertiary/aromatic N) is 4. The molecule has 0 bridgehead atoms. The first-order valence-electron chi connectivity index (χ1n) is 7.05. The Labute approximate surface area is 137 Å². The second-order valence-corrected chi connectivity index (χ2v) is 4.77. The molecule has 0 aliphatic carbocycles. The highest BCUT2D eigenvalue weighted by Gasteiger charge is 2.03. The highest BCUT2D eigenvalue weighted by molar-refractivity contribution is 5.80. The summed E-state index contributed by atoms with van der Waals surface area (Å²) in [7, 11) is 0. The summed E-state index contributed by atoms with van der Waals surface area (Å²) in [4.78, 5) is 28.5. The van der Waals surface area contributed by atoms with Crippen molar-refractivity contribution in [3.05, 3.63) is 79.9 Å². The molecule has 0 aromatic heterocycles. The van der Waals surface area contributed by atoms with Crippen LogP contribution in [0.1, 0.15) is 11.1 Å². The lowest BCUT2D eigenvalue weighted by Gasteiger charge is -1.94. The molecular formula is C16H14N4O4. The van der Waals surface area contributed by atoms with Gasteiger partial charge in [-0.15, -0.1) is 0 Å². The molecule has 0 unspecified atom stereocenters. The second-order valence-electron chi connectivity index (χ2n) is 4.77. The first kappa shape index (κ1) is 16.9. The van der Waals surface area contributed by atoms with Crippen molar-refractivity contribution in [2.24, 2.45) is 9.98 Å². The molecule has 24 heavy (non-hydrogen) atoms. The smallest absolute Gasteiger partial charge is 0.269 e. The maximum absolute atomic E-state index is 10.5. The molecule has 0 spiro atoms. The van der Waals surface area contributed by atoms with Gasteiger partial charge in [-0.25, -0.2) is 0 Å². The third-order valence-corrected chi connectivity index (χ3v) is 3.05. The van der Waals surface area contributed by atoms with Crippen LogP contribution in [0.25, 0.3) is 0 Å². The normalized spacial score (nSPS) is 11.2. The van der Waals surface area contributed by atoms with Crippen molar-refractivity contribution in [1.82, 2.24) is 0 Å². The van der Waals surface area contributed by atoms with Crippen LogP contribution in [0.15, 0.2) is 58.5 Å². The van der Waals surface area contributed by atoms with Crippen LogP contribution in [-0.4, -0.2) is 35.4 Å². The molecule has 0 amide bonds. The van der Waals surface area contributed by atoms with Crippen molar-refractivity contribution in [1.29, 1.82) is 0 Å². The summed E-state index contributed by atoms with van der Waals surface area (Å²) in [6, 6.07) is 12.2. The standard InChI is InChI=1S/C16H14N4O4/c21-19(22)15-5-1-13(2-6-15)11-17-9-10-18-12-14-3-7-16(8-4-14)20(23)24/h1-8,11-12H,9-10H2. The van der Waals surface area contributed by atoms with Gasteiger partial charge in [0, 0.05) is 36.7 Å². The first-order chi connectivity index (χ1) is 11.6. The monoisotopic (exact) mass is 326 g/mol. The number of aliphatic imine (C=N–C) groups is 2. The van der Waals surface area contributed by atoms with E-state index in [0.717, 1.165) is 11.1 Å². The van der Waals surface area contributed by atoms with E-state index in [2.05, 4.69) is 9.98 Å². The number of rotatable bonds is 7. The molecule has 2 aromatic carbocycles. The lowest BCUT2D eigenvalue weighted by atomic mass is 10.2. The Morgan fingerprint density at radius 2 is 1.04 bits per heavy atom. The molecule has 0 atom stereocenters. The highest BCUT2D eigenvalue weighted by Crippen LogP contribution is 2.11. The summed E-state index contributed by atoms with van der Waals surface area (Å²) >= 11 is 0. The lowest BCUT2D eigenvalue weighted by Crippen LogP contribution is -1.92. The van der Waals surface area contributed by atoms with Gasteiger partial charge in [0.15, 0.2) is 0 Å². The number of hydrogen-bond donors (Lipinski definition) is 0. The van der Waals surface area contributed by atoms with Gasteiger partial charge in [-0.1, -0.05) is 0 Å². The number of hydrogen-bond acceptors (Lipinski definition) is 6. The van der Waals surface area contributed by atoms with Crippen LogP contribution in [0, 0.1) is 20.2 Å². The Bertz CT molecular complexity index is 700. The zero-order valence-corrected chi connectivity index (χ0v) is 12.6. The summed E-state index contributed by atoms with van der Waals surface area (Å²) in [6.07, 6.45) is 3.26. The highest BCUT2D eigenvalue weighted by atomic mass is 16.6. The van der Waals surface area contributed by atoms with Crippen LogP contribution >= 0.6 is 0 Å². The lowest BCUT2D eigenvalue weighted by molar-refractivity contribution is -0.385. The molecule has 0 N–H and O–H groups in total. The zero-order valence-electron chi connectivity index (χ0n) is 12.6. The number of nitro benzene ring substituents is 2.